The SMILES string of the molecule is CCN(CC(=O)Nc1cc(Cl)ccc1C)C(=O)c1ccc(F)cc1F. The molecule has 0 aliphatic heterocycles. The van der Waals surface area contributed by atoms with Crippen LogP contribution in [-0.4, -0.2) is 29.8 Å². The van der Waals surface area contributed by atoms with Gasteiger partial charge in [0.15, 0.2) is 0 Å². The molecule has 0 bridgehead atoms. The van der Waals surface area contributed by atoms with E-state index in [1.165, 1.54) is 4.90 Å². The van der Waals surface area contributed by atoms with Gasteiger partial charge in [-0.3, -0.25) is 9.59 Å². The number of amides is 2. The van der Waals surface area contributed by atoms with Gasteiger partial charge in [0, 0.05) is 23.3 Å². The van der Waals surface area contributed by atoms with Crippen LogP contribution in [0.1, 0.15) is 22.8 Å². The molecule has 4 nitrogen and oxygen atoms in total. The summed E-state index contributed by atoms with van der Waals surface area (Å²) < 4.78 is 26.8. The zero-order chi connectivity index (χ0) is 18.6. The average molecular weight is 367 g/mol. The number of carbonyl (C=O) groups excluding carboxylic acids is 2. The van der Waals surface area contributed by atoms with Gasteiger partial charge in [-0.2, -0.15) is 0 Å². The number of hydrogen-bond donors (Lipinski definition) is 1. The van der Waals surface area contributed by atoms with Gasteiger partial charge in [0.1, 0.15) is 18.2 Å². The summed E-state index contributed by atoms with van der Waals surface area (Å²) in [6.45, 7) is 3.40. The molecule has 132 valence electrons. The molecule has 0 heterocycles. The van der Waals surface area contributed by atoms with Crippen molar-refractivity contribution >= 4 is 29.1 Å². The van der Waals surface area contributed by atoms with Crippen LogP contribution in [0.5, 0.6) is 0 Å². The molecular weight excluding hydrogens is 350 g/mol. The molecule has 1 N–H and O–H groups in total. The fourth-order valence-electron chi connectivity index (χ4n) is 2.25. The van der Waals surface area contributed by atoms with Crippen molar-refractivity contribution in [3.63, 3.8) is 0 Å². The highest BCUT2D eigenvalue weighted by Crippen LogP contribution is 2.20. The minimum atomic E-state index is -0.963. The van der Waals surface area contributed by atoms with Gasteiger partial charge in [-0.25, -0.2) is 8.78 Å². The van der Waals surface area contributed by atoms with Crippen LogP contribution >= 0.6 is 11.6 Å². The van der Waals surface area contributed by atoms with Crippen LogP contribution in [0.4, 0.5) is 14.5 Å². The summed E-state index contributed by atoms with van der Waals surface area (Å²) in [7, 11) is 0. The molecule has 7 heteroatoms. The van der Waals surface area contributed by atoms with Gasteiger partial charge in [0.05, 0.1) is 5.56 Å². The molecule has 0 aliphatic rings. The standard InChI is InChI=1S/C18H17ClF2N2O2/c1-3-23(18(25)14-7-6-13(20)9-15(14)21)10-17(24)22-16-8-12(19)5-4-11(16)2/h4-9H,3,10H2,1-2H3,(H,22,24). The molecule has 0 saturated heterocycles. The molecule has 0 atom stereocenters. The first kappa shape index (κ1) is 18.9. The summed E-state index contributed by atoms with van der Waals surface area (Å²) in [5.41, 5.74) is 1.07. The number of carbonyl (C=O) groups is 2. The fourth-order valence-corrected chi connectivity index (χ4v) is 2.42. The molecule has 2 aromatic rings. The van der Waals surface area contributed by atoms with Crippen LogP contribution in [0.2, 0.25) is 5.02 Å². The lowest BCUT2D eigenvalue weighted by molar-refractivity contribution is -0.116. The van der Waals surface area contributed by atoms with Crippen molar-refractivity contribution in [3.8, 4) is 0 Å². The van der Waals surface area contributed by atoms with Crippen LogP contribution < -0.4 is 5.32 Å². The smallest absolute Gasteiger partial charge is 0.257 e. The Morgan fingerprint density at radius 3 is 2.52 bits per heavy atom. The van der Waals surface area contributed by atoms with E-state index in [0.717, 1.165) is 17.7 Å². The molecule has 0 unspecified atom stereocenters. The van der Waals surface area contributed by atoms with E-state index in [9.17, 15) is 18.4 Å². The van der Waals surface area contributed by atoms with Crippen molar-refractivity contribution in [3.05, 3.63) is 64.2 Å². The van der Waals surface area contributed by atoms with Crippen LogP contribution in [0.15, 0.2) is 36.4 Å². The van der Waals surface area contributed by atoms with Crippen LogP contribution in [0.25, 0.3) is 0 Å². The van der Waals surface area contributed by atoms with Crippen molar-refractivity contribution in [2.24, 2.45) is 0 Å². The summed E-state index contributed by atoms with van der Waals surface area (Å²) in [6.07, 6.45) is 0. The number of hydrogen-bond acceptors (Lipinski definition) is 2. The lowest BCUT2D eigenvalue weighted by Gasteiger charge is -2.21. The van der Waals surface area contributed by atoms with E-state index in [1.54, 1.807) is 25.1 Å². The van der Waals surface area contributed by atoms with Crippen molar-refractivity contribution < 1.29 is 18.4 Å². The number of halogens is 3. The Hall–Kier alpha value is -2.47. The van der Waals surface area contributed by atoms with Crippen LogP contribution in [0.3, 0.4) is 0 Å². The molecule has 2 amide bonds. The largest absolute Gasteiger partial charge is 0.330 e. The van der Waals surface area contributed by atoms with E-state index >= 15 is 0 Å². The predicted molar refractivity (Wildman–Crippen MR) is 92.8 cm³/mol. The third kappa shape index (κ3) is 4.76. The topological polar surface area (TPSA) is 49.4 Å². The molecule has 0 aliphatic carbocycles. The zero-order valence-corrected chi connectivity index (χ0v) is 14.5. The Bertz CT molecular complexity index is 812. The van der Waals surface area contributed by atoms with E-state index < -0.39 is 23.4 Å². The summed E-state index contributed by atoms with van der Waals surface area (Å²) >= 11 is 5.91. The highest BCUT2D eigenvalue weighted by atomic mass is 35.5. The second-order valence-corrected chi connectivity index (χ2v) is 5.89. The van der Waals surface area contributed by atoms with Crippen molar-refractivity contribution in [2.75, 3.05) is 18.4 Å². The maximum atomic E-state index is 13.8. The lowest BCUT2D eigenvalue weighted by atomic mass is 10.1. The molecule has 0 radical (unpaired) electrons. The number of likely N-dealkylation sites (N-methyl/N-ethyl adjacent to an activating group) is 1. The predicted octanol–water partition coefficient (Wildman–Crippen LogP) is 4.03. The lowest BCUT2D eigenvalue weighted by Crippen LogP contribution is -2.38. The molecule has 0 saturated carbocycles. The number of aryl methyl sites for hydroxylation is 1. The minimum absolute atomic E-state index is 0.192. The Kier molecular flexibility index (Phi) is 6.09. The van der Waals surface area contributed by atoms with Crippen LogP contribution in [0, 0.1) is 18.6 Å². The Labute approximate surface area is 149 Å². The maximum absolute atomic E-state index is 13.8. The summed E-state index contributed by atoms with van der Waals surface area (Å²) in [5.74, 6) is -2.86. The normalized spacial score (nSPS) is 10.4. The third-order valence-electron chi connectivity index (χ3n) is 3.64. The van der Waals surface area contributed by atoms with E-state index in [4.69, 9.17) is 11.6 Å². The van der Waals surface area contributed by atoms with Crippen molar-refractivity contribution in [2.45, 2.75) is 13.8 Å². The molecule has 0 aromatic heterocycles. The number of rotatable bonds is 5. The van der Waals surface area contributed by atoms with Gasteiger partial charge in [0.2, 0.25) is 5.91 Å². The molecule has 25 heavy (non-hydrogen) atoms. The number of benzene rings is 2. The van der Waals surface area contributed by atoms with Crippen LogP contribution in [-0.2, 0) is 4.79 Å². The van der Waals surface area contributed by atoms with E-state index in [0.29, 0.717) is 16.8 Å². The Balaban J connectivity index is 2.11. The Morgan fingerprint density at radius 1 is 1.16 bits per heavy atom. The van der Waals surface area contributed by atoms with Gasteiger partial charge in [-0.1, -0.05) is 17.7 Å². The minimum Gasteiger partial charge on any atom is -0.330 e. The average Bonchev–Trinajstić information content (AvgIpc) is 2.55. The first-order chi connectivity index (χ1) is 11.8. The maximum Gasteiger partial charge on any atom is 0.257 e. The number of nitrogens with zero attached hydrogens (tertiary/aromatic N) is 1. The molecule has 0 fully saturated rings. The quantitative estimate of drug-likeness (QED) is 0.868. The third-order valence-corrected chi connectivity index (χ3v) is 3.87. The molecule has 2 aromatic carbocycles. The van der Waals surface area contributed by atoms with Crippen molar-refractivity contribution in [1.29, 1.82) is 0 Å². The second kappa shape index (κ2) is 8.07. The van der Waals surface area contributed by atoms with Gasteiger partial charge < -0.3 is 10.2 Å². The van der Waals surface area contributed by atoms with E-state index in [2.05, 4.69) is 5.32 Å². The summed E-state index contributed by atoms with van der Waals surface area (Å²) in [4.78, 5) is 25.8. The van der Waals surface area contributed by atoms with Crippen molar-refractivity contribution in [1.82, 2.24) is 4.90 Å². The highest BCUT2D eigenvalue weighted by Gasteiger charge is 2.21. The second-order valence-electron chi connectivity index (χ2n) is 5.45. The fraction of sp³-hybridized carbons (Fsp3) is 0.222. The summed E-state index contributed by atoms with van der Waals surface area (Å²) in [5, 5.41) is 3.14. The van der Waals surface area contributed by atoms with E-state index in [1.807, 2.05) is 6.92 Å². The molecule has 2 rings (SSSR count). The zero-order valence-electron chi connectivity index (χ0n) is 13.8. The molecule has 0 spiro atoms. The monoisotopic (exact) mass is 366 g/mol. The number of nitrogens with one attached hydrogen (secondary N) is 1. The van der Waals surface area contributed by atoms with Gasteiger partial charge in [-0.05, 0) is 43.7 Å². The first-order valence-electron chi connectivity index (χ1n) is 7.62. The van der Waals surface area contributed by atoms with Gasteiger partial charge in [0.25, 0.3) is 5.91 Å². The molecular formula is C18H17ClF2N2O2. The summed E-state index contributed by atoms with van der Waals surface area (Å²) in [6, 6.07) is 7.76. The Morgan fingerprint density at radius 2 is 1.88 bits per heavy atom. The van der Waals surface area contributed by atoms with Gasteiger partial charge in [-0.15, -0.1) is 0 Å². The highest BCUT2D eigenvalue weighted by molar-refractivity contribution is 6.31. The number of anilines is 1. The van der Waals surface area contributed by atoms with E-state index in [-0.39, 0.29) is 18.7 Å². The first-order valence-corrected chi connectivity index (χ1v) is 8.00. The van der Waals surface area contributed by atoms with Gasteiger partial charge >= 0.3 is 0 Å².